The molecule has 1 aromatic carbocycles. The van der Waals surface area contributed by atoms with E-state index in [0.29, 0.717) is 11.5 Å². The number of halogens is 2. The van der Waals surface area contributed by atoms with Gasteiger partial charge < -0.3 is 5.73 Å². The first-order valence-corrected chi connectivity index (χ1v) is 5.11. The van der Waals surface area contributed by atoms with Crippen LogP contribution in [0.4, 0.5) is 10.1 Å². The van der Waals surface area contributed by atoms with Crippen molar-refractivity contribution < 1.29 is 4.39 Å². The summed E-state index contributed by atoms with van der Waals surface area (Å²) in [5.74, 6) is 0.0533. The van der Waals surface area contributed by atoms with E-state index in [-0.39, 0.29) is 18.1 Å². The van der Waals surface area contributed by atoms with Crippen molar-refractivity contribution in [1.82, 2.24) is 14.6 Å². The van der Waals surface area contributed by atoms with Crippen LogP contribution in [0.5, 0.6) is 0 Å². The molecule has 6 heteroatoms. The van der Waals surface area contributed by atoms with E-state index in [0.717, 1.165) is 5.56 Å². The summed E-state index contributed by atoms with van der Waals surface area (Å²) in [7, 11) is 0. The molecule has 0 unspecified atom stereocenters. The van der Waals surface area contributed by atoms with Crippen LogP contribution in [0.25, 0.3) is 17.0 Å². The highest BCUT2D eigenvalue weighted by Gasteiger charge is 2.08. The van der Waals surface area contributed by atoms with Crippen LogP contribution in [0, 0.1) is 5.82 Å². The molecule has 0 spiro atoms. The number of hydrogen-bond donors (Lipinski definition) is 1. The van der Waals surface area contributed by atoms with Gasteiger partial charge in [0.05, 0.1) is 11.9 Å². The minimum absolute atomic E-state index is 0. The molecule has 0 radical (unpaired) electrons. The number of pyridine rings is 1. The van der Waals surface area contributed by atoms with Crippen molar-refractivity contribution >= 4 is 23.7 Å². The summed E-state index contributed by atoms with van der Waals surface area (Å²) in [6.07, 6.45) is 1.23. The van der Waals surface area contributed by atoms with Gasteiger partial charge in [-0.2, -0.15) is 0 Å². The molecule has 0 aliphatic heterocycles. The third-order valence-electron chi connectivity index (χ3n) is 2.49. The Labute approximate surface area is 109 Å². The summed E-state index contributed by atoms with van der Waals surface area (Å²) in [5, 5.41) is 4.19. The third-order valence-corrected chi connectivity index (χ3v) is 2.49. The molecule has 0 aliphatic rings. The molecule has 2 aromatic heterocycles. The summed E-state index contributed by atoms with van der Waals surface area (Å²) in [6.45, 7) is 0. The van der Waals surface area contributed by atoms with E-state index in [2.05, 4.69) is 10.1 Å². The van der Waals surface area contributed by atoms with Crippen LogP contribution in [-0.4, -0.2) is 14.6 Å². The molecule has 92 valence electrons. The zero-order valence-electron chi connectivity index (χ0n) is 9.25. The van der Waals surface area contributed by atoms with Crippen molar-refractivity contribution in [3.8, 4) is 11.4 Å². The predicted octanol–water partition coefficient (Wildman–Crippen LogP) is 2.54. The van der Waals surface area contributed by atoms with E-state index in [4.69, 9.17) is 5.73 Å². The first kappa shape index (κ1) is 12.3. The summed E-state index contributed by atoms with van der Waals surface area (Å²) in [6, 6.07) is 11.0. The maximum Gasteiger partial charge on any atom is 0.182 e. The van der Waals surface area contributed by atoms with Gasteiger partial charge in [-0.05, 0) is 0 Å². The van der Waals surface area contributed by atoms with Gasteiger partial charge >= 0.3 is 0 Å². The summed E-state index contributed by atoms with van der Waals surface area (Å²) in [5.41, 5.74) is 6.97. The standard InChI is InChI=1S/C12H9FN4.ClH/c13-9-7-17-11(6-10(9)14)15-12(16-17)8-4-2-1-3-5-8;/h1-7H,14H2;1H. The maximum absolute atomic E-state index is 13.2. The lowest BCUT2D eigenvalue weighted by Crippen LogP contribution is -1.95. The average Bonchev–Trinajstić information content (AvgIpc) is 2.74. The number of benzene rings is 1. The molecule has 18 heavy (non-hydrogen) atoms. The molecule has 3 aromatic rings. The minimum Gasteiger partial charge on any atom is -0.396 e. The van der Waals surface area contributed by atoms with Gasteiger partial charge in [-0.3, -0.25) is 0 Å². The van der Waals surface area contributed by atoms with E-state index in [1.807, 2.05) is 30.3 Å². The molecule has 0 fully saturated rings. The zero-order chi connectivity index (χ0) is 11.8. The van der Waals surface area contributed by atoms with Crippen molar-refractivity contribution in [2.75, 3.05) is 5.73 Å². The van der Waals surface area contributed by atoms with Crippen LogP contribution in [0.3, 0.4) is 0 Å². The molecule has 3 rings (SSSR count). The highest BCUT2D eigenvalue weighted by molar-refractivity contribution is 5.85. The number of rotatable bonds is 1. The number of fused-ring (bicyclic) bond motifs is 1. The summed E-state index contributed by atoms with van der Waals surface area (Å²) >= 11 is 0. The number of nitrogens with two attached hydrogens (primary N) is 1. The topological polar surface area (TPSA) is 56.2 Å². The van der Waals surface area contributed by atoms with Crippen LogP contribution >= 0.6 is 12.4 Å². The molecular weight excluding hydrogens is 255 g/mol. The molecule has 0 atom stereocenters. The Balaban J connectivity index is 0.00000120. The smallest absolute Gasteiger partial charge is 0.182 e. The molecular formula is C12H10ClFN4. The molecule has 4 nitrogen and oxygen atoms in total. The molecule has 0 bridgehead atoms. The van der Waals surface area contributed by atoms with Crippen molar-refractivity contribution in [3.63, 3.8) is 0 Å². The van der Waals surface area contributed by atoms with Crippen molar-refractivity contribution in [2.45, 2.75) is 0 Å². The average molecular weight is 265 g/mol. The molecule has 0 amide bonds. The summed E-state index contributed by atoms with van der Waals surface area (Å²) in [4.78, 5) is 4.29. The number of aromatic nitrogens is 3. The zero-order valence-corrected chi connectivity index (χ0v) is 10.1. The monoisotopic (exact) mass is 264 g/mol. The van der Waals surface area contributed by atoms with E-state index < -0.39 is 5.82 Å². The van der Waals surface area contributed by atoms with Crippen LogP contribution in [0.15, 0.2) is 42.6 Å². The normalized spacial score (nSPS) is 10.3. The fourth-order valence-electron chi connectivity index (χ4n) is 1.63. The van der Waals surface area contributed by atoms with E-state index in [1.165, 1.54) is 16.8 Å². The Morgan fingerprint density at radius 3 is 2.61 bits per heavy atom. The summed E-state index contributed by atoms with van der Waals surface area (Å²) < 4.78 is 14.6. The van der Waals surface area contributed by atoms with E-state index in [1.54, 1.807) is 0 Å². The number of nitrogens with zero attached hydrogens (tertiary/aromatic N) is 3. The second-order valence-corrected chi connectivity index (χ2v) is 3.68. The number of nitrogen functional groups attached to an aromatic ring is 1. The maximum atomic E-state index is 13.2. The van der Waals surface area contributed by atoms with Crippen molar-refractivity contribution in [3.05, 3.63) is 48.4 Å². The minimum atomic E-state index is -0.498. The van der Waals surface area contributed by atoms with Gasteiger partial charge in [-0.25, -0.2) is 13.9 Å². The second kappa shape index (κ2) is 4.62. The second-order valence-electron chi connectivity index (χ2n) is 3.68. The van der Waals surface area contributed by atoms with Crippen molar-refractivity contribution in [2.24, 2.45) is 0 Å². The van der Waals surface area contributed by atoms with Gasteiger partial charge in [0, 0.05) is 11.6 Å². The highest BCUT2D eigenvalue weighted by atomic mass is 35.5. The first-order chi connectivity index (χ1) is 8.24. The van der Waals surface area contributed by atoms with Crippen molar-refractivity contribution in [1.29, 1.82) is 0 Å². The van der Waals surface area contributed by atoms with Gasteiger partial charge in [-0.15, -0.1) is 17.5 Å². The Bertz CT molecular complexity index is 642. The van der Waals surface area contributed by atoms with Gasteiger partial charge in [0.15, 0.2) is 17.3 Å². The van der Waals surface area contributed by atoms with Crippen LogP contribution in [-0.2, 0) is 0 Å². The van der Waals surface area contributed by atoms with Gasteiger partial charge in [0.25, 0.3) is 0 Å². The Morgan fingerprint density at radius 1 is 1.17 bits per heavy atom. The number of anilines is 1. The molecule has 2 N–H and O–H groups in total. The SMILES string of the molecule is Cl.Nc1cc2nc(-c3ccccc3)nn2cc1F. The fourth-order valence-corrected chi connectivity index (χ4v) is 1.63. The van der Waals surface area contributed by atoms with Gasteiger partial charge in [0.2, 0.25) is 0 Å². The molecule has 0 aliphatic carbocycles. The predicted molar refractivity (Wildman–Crippen MR) is 70.0 cm³/mol. The lowest BCUT2D eigenvalue weighted by Gasteiger charge is -1.95. The molecule has 0 saturated heterocycles. The molecule has 2 heterocycles. The lowest BCUT2D eigenvalue weighted by atomic mass is 10.2. The van der Waals surface area contributed by atoms with E-state index in [9.17, 15) is 4.39 Å². The Kier molecular flexibility index (Phi) is 3.16. The lowest BCUT2D eigenvalue weighted by molar-refractivity contribution is 0.619. The Morgan fingerprint density at radius 2 is 1.89 bits per heavy atom. The molecule has 0 saturated carbocycles. The third kappa shape index (κ3) is 2.00. The quantitative estimate of drug-likeness (QED) is 0.735. The largest absolute Gasteiger partial charge is 0.396 e. The first-order valence-electron chi connectivity index (χ1n) is 5.11. The van der Waals surface area contributed by atoms with Gasteiger partial charge in [0.1, 0.15) is 0 Å². The number of hydrogen-bond acceptors (Lipinski definition) is 3. The van der Waals surface area contributed by atoms with Crippen LogP contribution < -0.4 is 5.73 Å². The van der Waals surface area contributed by atoms with Gasteiger partial charge in [-0.1, -0.05) is 30.3 Å². The Hall–Kier alpha value is -2.14. The van der Waals surface area contributed by atoms with Crippen LogP contribution in [0.1, 0.15) is 0 Å². The highest BCUT2D eigenvalue weighted by Crippen LogP contribution is 2.18. The van der Waals surface area contributed by atoms with Crippen LogP contribution in [0.2, 0.25) is 0 Å². The van der Waals surface area contributed by atoms with E-state index >= 15 is 0 Å². The fraction of sp³-hybridized carbons (Fsp3) is 0.